The maximum Gasteiger partial charge on any atom is 0.463 e. The first-order valence-electron chi connectivity index (χ1n) is 11.5. The van der Waals surface area contributed by atoms with Crippen LogP contribution in [0.15, 0.2) is 47.6 Å². The Morgan fingerprint density at radius 1 is 1.08 bits per heavy atom. The van der Waals surface area contributed by atoms with Crippen LogP contribution in [-0.4, -0.2) is 48.4 Å². The molecule has 0 saturated carbocycles. The summed E-state index contributed by atoms with van der Waals surface area (Å²) in [5, 5.41) is 7.41. The summed E-state index contributed by atoms with van der Waals surface area (Å²) in [6, 6.07) is 10.5. The van der Waals surface area contributed by atoms with E-state index < -0.39 is 18.0 Å². The Morgan fingerprint density at radius 3 is 2.32 bits per heavy atom. The first kappa shape index (κ1) is 27.9. The summed E-state index contributed by atoms with van der Waals surface area (Å²) in [6.07, 6.45) is -5.12. The average Bonchev–Trinajstić information content (AvgIpc) is 2.85. The molecule has 2 aromatic carbocycles. The van der Waals surface area contributed by atoms with Gasteiger partial charge in [0, 0.05) is 23.6 Å². The SMILES string of the molecule is CCOc1cc(C2=NN(Cc3ccc(NC(=O)C(F)(F)C(F)(F)F)cc3)C(=O)CC2CC)ccc1OC. The number of anilines is 1. The van der Waals surface area contributed by atoms with Crippen LogP contribution in [0, 0.1) is 5.92 Å². The molecular formula is C25H26F5N3O4. The van der Waals surface area contributed by atoms with Crippen molar-refractivity contribution in [3.05, 3.63) is 53.6 Å². The molecule has 1 heterocycles. The molecule has 1 N–H and O–H groups in total. The third kappa shape index (κ3) is 6.17. The summed E-state index contributed by atoms with van der Waals surface area (Å²) in [7, 11) is 1.53. The van der Waals surface area contributed by atoms with E-state index in [-0.39, 0.29) is 30.5 Å². The molecular weight excluding hydrogens is 501 g/mol. The van der Waals surface area contributed by atoms with Gasteiger partial charge in [-0.15, -0.1) is 0 Å². The van der Waals surface area contributed by atoms with E-state index in [1.165, 1.54) is 36.4 Å². The molecule has 7 nitrogen and oxygen atoms in total. The zero-order valence-corrected chi connectivity index (χ0v) is 20.4. The van der Waals surface area contributed by atoms with Crippen LogP contribution in [0.1, 0.15) is 37.8 Å². The number of hydrogen-bond donors (Lipinski definition) is 1. The predicted octanol–water partition coefficient (Wildman–Crippen LogP) is 5.39. The average molecular weight is 527 g/mol. The zero-order valence-electron chi connectivity index (χ0n) is 20.4. The van der Waals surface area contributed by atoms with Crippen LogP contribution >= 0.6 is 0 Å². The number of rotatable bonds is 9. The second kappa shape index (κ2) is 11.1. The molecule has 2 amide bonds. The van der Waals surface area contributed by atoms with E-state index >= 15 is 0 Å². The van der Waals surface area contributed by atoms with Crippen molar-refractivity contribution in [2.24, 2.45) is 11.0 Å². The number of carbonyl (C=O) groups excluding carboxylic acids is 2. The van der Waals surface area contributed by atoms with E-state index in [0.29, 0.717) is 35.8 Å². The molecule has 0 spiro atoms. The van der Waals surface area contributed by atoms with E-state index in [9.17, 15) is 31.5 Å². The maximum atomic E-state index is 13.2. The summed E-state index contributed by atoms with van der Waals surface area (Å²) >= 11 is 0. The molecule has 1 unspecified atom stereocenters. The number of hydrogen-bond acceptors (Lipinski definition) is 5. The van der Waals surface area contributed by atoms with Gasteiger partial charge in [0.2, 0.25) is 5.91 Å². The lowest BCUT2D eigenvalue weighted by molar-refractivity contribution is -0.267. The second-order valence-electron chi connectivity index (χ2n) is 8.27. The fourth-order valence-electron chi connectivity index (χ4n) is 3.74. The quantitative estimate of drug-likeness (QED) is 0.444. The highest BCUT2D eigenvalue weighted by Crippen LogP contribution is 2.36. The molecule has 0 radical (unpaired) electrons. The van der Waals surface area contributed by atoms with Gasteiger partial charge in [-0.1, -0.05) is 19.1 Å². The molecule has 0 bridgehead atoms. The lowest BCUT2D eigenvalue weighted by Gasteiger charge is -2.29. The highest BCUT2D eigenvalue weighted by molar-refractivity contribution is 6.06. The van der Waals surface area contributed by atoms with E-state index in [1.54, 1.807) is 17.4 Å². The summed E-state index contributed by atoms with van der Waals surface area (Å²) in [4.78, 5) is 24.2. The van der Waals surface area contributed by atoms with Gasteiger partial charge in [-0.25, -0.2) is 5.01 Å². The largest absolute Gasteiger partial charge is 0.493 e. The van der Waals surface area contributed by atoms with Crippen molar-refractivity contribution >= 4 is 23.2 Å². The zero-order chi connectivity index (χ0) is 27.4. The Hall–Kier alpha value is -3.70. The van der Waals surface area contributed by atoms with Gasteiger partial charge in [0.25, 0.3) is 0 Å². The number of halogens is 5. The van der Waals surface area contributed by atoms with Gasteiger partial charge in [-0.3, -0.25) is 9.59 Å². The van der Waals surface area contributed by atoms with Crippen LogP contribution in [-0.2, 0) is 16.1 Å². The Balaban J connectivity index is 1.81. The van der Waals surface area contributed by atoms with Crippen molar-refractivity contribution in [2.75, 3.05) is 19.0 Å². The number of nitrogens with one attached hydrogen (secondary N) is 1. The van der Waals surface area contributed by atoms with Gasteiger partial charge < -0.3 is 14.8 Å². The first-order chi connectivity index (χ1) is 17.4. The number of methoxy groups -OCH3 is 1. The standard InChI is InChI=1S/C25H26F5N3O4/c1-4-16-13-21(34)33(32-22(16)17-8-11-19(36-3)20(12-17)37-5-2)14-15-6-9-18(10-7-15)31-23(35)24(26,27)25(28,29)30/h6-12,16H,4-5,13-14H2,1-3H3,(H,31,35). The molecule has 0 aliphatic carbocycles. The van der Waals surface area contributed by atoms with Gasteiger partial charge >= 0.3 is 18.0 Å². The monoisotopic (exact) mass is 527 g/mol. The van der Waals surface area contributed by atoms with E-state index in [1.807, 2.05) is 19.9 Å². The molecule has 0 aromatic heterocycles. The molecule has 200 valence electrons. The van der Waals surface area contributed by atoms with Crippen LogP contribution in [0.2, 0.25) is 0 Å². The molecule has 3 rings (SSSR count). The number of hydrazone groups is 1. The summed E-state index contributed by atoms with van der Waals surface area (Å²) < 4.78 is 74.5. The molecule has 1 atom stereocenters. The van der Waals surface area contributed by atoms with Crippen molar-refractivity contribution < 1.29 is 41.0 Å². The summed E-state index contributed by atoms with van der Waals surface area (Å²) in [5.74, 6) is -7.27. The minimum atomic E-state index is -6.01. The van der Waals surface area contributed by atoms with Crippen LogP contribution in [0.25, 0.3) is 0 Å². The number of alkyl halides is 5. The van der Waals surface area contributed by atoms with E-state index in [0.717, 1.165) is 5.56 Å². The number of carbonyl (C=O) groups is 2. The number of amides is 2. The third-order valence-electron chi connectivity index (χ3n) is 5.76. The maximum absolute atomic E-state index is 13.2. The third-order valence-corrected chi connectivity index (χ3v) is 5.76. The second-order valence-corrected chi connectivity index (χ2v) is 8.27. The van der Waals surface area contributed by atoms with E-state index in [4.69, 9.17) is 9.47 Å². The van der Waals surface area contributed by atoms with E-state index in [2.05, 4.69) is 5.10 Å². The van der Waals surface area contributed by atoms with Crippen molar-refractivity contribution in [1.82, 2.24) is 5.01 Å². The van der Waals surface area contributed by atoms with Crippen molar-refractivity contribution in [3.8, 4) is 11.5 Å². The highest BCUT2D eigenvalue weighted by atomic mass is 19.4. The molecule has 0 saturated heterocycles. The lowest BCUT2D eigenvalue weighted by atomic mass is 9.89. The van der Waals surface area contributed by atoms with Crippen LogP contribution in [0.3, 0.4) is 0 Å². The highest BCUT2D eigenvalue weighted by Gasteiger charge is 2.63. The topological polar surface area (TPSA) is 80.2 Å². The number of benzene rings is 2. The van der Waals surface area contributed by atoms with Crippen molar-refractivity contribution in [3.63, 3.8) is 0 Å². The molecule has 12 heteroatoms. The molecule has 2 aromatic rings. The van der Waals surface area contributed by atoms with Crippen molar-refractivity contribution in [2.45, 2.75) is 45.3 Å². The molecule has 1 aliphatic rings. The van der Waals surface area contributed by atoms with Crippen LogP contribution < -0.4 is 14.8 Å². The van der Waals surface area contributed by atoms with Gasteiger partial charge in [-0.05, 0) is 49.2 Å². The van der Waals surface area contributed by atoms with Crippen molar-refractivity contribution in [1.29, 1.82) is 0 Å². The molecule has 37 heavy (non-hydrogen) atoms. The van der Waals surface area contributed by atoms with Gasteiger partial charge in [-0.2, -0.15) is 27.1 Å². The van der Waals surface area contributed by atoms with Crippen LogP contribution in [0.5, 0.6) is 11.5 Å². The lowest BCUT2D eigenvalue weighted by Crippen LogP contribution is -2.47. The Morgan fingerprint density at radius 2 is 1.76 bits per heavy atom. The molecule has 1 aliphatic heterocycles. The summed E-state index contributed by atoms with van der Waals surface area (Å²) in [6.45, 7) is 4.25. The van der Waals surface area contributed by atoms with Gasteiger partial charge in [0.05, 0.1) is 26.0 Å². The Labute approximate surface area is 210 Å². The first-order valence-corrected chi connectivity index (χ1v) is 11.5. The smallest absolute Gasteiger partial charge is 0.463 e. The molecule has 0 fully saturated rings. The van der Waals surface area contributed by atoms with Gasteiger partial charge in [0.1, 0.15) is 0 Å². The number of nitrogens with zero attached hydrogens (tertiary/aromatic N) is 2. The normalized spacial score (nSPS) is 16.3. The minimum absolute atomic E-state index is 0.0280. The Bertz CT molecular complexity index is 1170. The number of ether oxygens (including phenoxy) is 2. The van der Waals surface area contributed by atoms with Gasteiger partial charge in [0.15, 0.2) is 11.5 Å². The predicted molar refractivity (Wildman–Crippen MR) is 126 cm³/mol. The minimum Gasteiger partial charge on any atom is -0.493 e. The Kier molecular flexibility index (Phi) is 8.39. The summed E-state index contributed by atoms with van der Waals surface area (Å²) in [5.41, 5.74) is 1.72. The van der Waals surface area contributed by atoms with Crippen LogP contribution in [0.4, 0.5) is 27.6 Å². The fourth-order valence-corrected chi connectivity index (χ4v) is 3.74. The fraction of sp³-hybridized carbons (Fsp3) is 0.400.